The van der Waals surface area contributed by atoms with Crippen LogP contribution in [0.4, 0.5) is 18.9 Å². The number of rotatable bonds is 9. The first-order valence-electron chi connectivity index (χ1n) is 14.2. The maximum absolute atomic E-state index is 14.3. The molecule has 242 valence electrons. The van der Waals surface area contributed by atoms with Gasteiger partial charge in [-0.25, -0.2) is 0 Å². The number of amides is 2. The molecule has 3 aromatic carbocycles. The fraction of sp³-hybridized carbons (Fsp3) is 0.273. The second-order valence-electron chi connectivity index (χ2n) is 10.6. The zero-order chi connectivity index (χ0) is 33.2. The number of nitrogens with zero attached hydrogens (tertiary/aromatic N) is 2. The van der Waals surface area contributed by atoms with Crippen molar-refractivity contribution in [3.63, 3.8) is 0 Å². The maximum Gasteiger partial charge on any atom is 0.417 e. The third-order valence-corrected chi connectivity index (χ3v) is 7.86. The van der Waals surface area contributed by atoms with E-state index in [4.69, 9.17) is 14.6 Å². The highest BCUT2D eigenvalue weighted by Crippen LogP contribution is 2.43. The minimum atomic E-state index is -4.63. The highest BCUT2D eigenvalue weighted by atomic mass is 19.4. The summed E-state index contributed by atoms with van der Waals surface area (Å²) >= 11 is 0. The van der Waals surface area contributed by atoms with E-state index in [1.54, 1.807) is 34.9 Å². The van der Waals surface area contributed by atoms with Gasteiger partial charge < -0.3 is 39.6 Å². The summed E-state index contributed by atoms with van der Waals surface area (Å²) in [7, 11) is 2.63. The van der Waals surface area contributed by atoms with Crippen molar-refractivity contribution in [1.82, 2.24) is 9.88 Å². The first kappa shape index (κ1) is 32.5. The Morgan fingerprint density at radius 1 is 0.891 bits per heavy atom. The minimum Gasteiger partial charge on any atom is -0.496 e. The van der Waals surface area contributed by atoms with E-state index in [1.165, 1.54) is 49.5 Å². The van der Waals surface area contributed by atoms with Gasteiger partial charge in [-0.1, -0.05) is 36.4 Å². The van der Waals surface area contributed by atoms with Gasteiger partial charge in [0.05, 0.1) is 51.1 Å². The lowest BCUT2D eigenvalue weighted by molar-refractivity contribution is -0.137. The molecule has 4 N–H and O–H groups in total. The fourth-order valence-corrected chi connectivity index (χ4v) is 5.47. The van der Waals surface area contributed by atoms with Crippen LogP contribution in [0, 0.1) is 0 Å². The van der Waals surface area contributed by atoms with E-state index in [9.17, 15) is 33.0 Å². The van der Waals surface area contributed by atoms with Crippen LogP contribution < -0.4 is 19.7 Å². The molecule has 1 aliphatic heterocycles. The van der Waals surface area contributed by atoms with Gasteiger partial charge in [0.25, 0.3) is 11.8 Å². The van der Waals surface area contributed by atoms with Crippen LogP contribution in [-0.2, 0) is 19.3 Å². The Bertz CT molecular complexity index is 1750. The molecule has 13 heteroatoms. The normalized spacial score (nSPS) is 14.0. The van der Waals surface area contributed by atoms with Crippen molar-refractivity contribution in [2.75, 3.05) is 32.3 Å². The summed E-state index contributed by atoms with van der Waals surface area (Å²) < 4.78 is 54.4. The Balaban J connectivity index is 1.53. The van der Waals surface area contributed by atoms with Gasteiger partial charge in [-0.3, -0.25) is 9.59 Å². The molecule has 1 aliphatic rings. The van der Waals surface area contributed by atoms with Crippen LogP contribution in [0.1, 0.15) is 37.7 Å². The fourth-order valence-electron chi connectivity index (χ4n) is 5.47. The van der Waals surface area contributed by atoms with Crippen LogP contribution in [0.15, 0.2) is 72.8 Å². The zero-order valence-corrected chi connectivity index (χ0v) is 24.9. The molecule has 0 radical (unpaired) electrons. The summed E-state index contributed by atoms with van der Waals surface area (Å²) in [5, 5.41) is 31.2. The van der Waals surface area contributed by atoms with Crippen LogP contribution in [-0.4, -0.2) is 71.3 Å². The molecular formula is C33H32F3N3O7. The van der Waals surface area contributed by atoms with Gasteiger partial charge in [0.1, 0.15) is 23.3 Å². The lowest BCUT2D eigenvalue weighted by Gasteiger charge is -2.25. The number of para-hydroxylation sites is 1. The quantitative estimate of drug-likeness (QED) is 0.219. The zero-order valence-electron chi connectivity index (χ0n) is 24.9. The number of hydrogen-bond acceptors (Lipinski definition) is 7. The number of aliphatic hydroxyl groups excluding tert-OH is 3. The molecule has 0 saturated carbocycles. The molecule has 0 aliphatic carbocycles. The molecule has 2 atom stereocenters. The number of halogens is 3. The summed E-state index contributed by atoms with van der Waals surface area (Å²) in [5.74, 6) is -0.966. The number of benzene rings is 3. The average molecular weight is 640 g/mol. The van der Waals surface area contributed by atoms with Crippen molar-refractivity contribution in [2.24, 2.45) is 0 Å². The molecule has 2 amide bonds. The molecule has 2 heterocycles. The van der Waals surface area contributed by atoms with Gasteiger partial charge >= 0.3 is 6.18 Å². The second kappa shape index (κ2) is 13.3. The predicted octanol–water partition coefficient (Wildman–Crippen LogP) is 3.84. The maximum atomic E-state index is 14.3. The van der Waals surface area contributed by atoms with Gasteiger partial charge in [0, 0.05) is 23.5 Å². The van der Waals surface area contributed by atoms with Gasteiger partial charge in [-0.15, -0.1) is 0 Å². The number of anilines is 1. The topological polar surface area (TPSA) is 133 Å². The van der Waals surface area contributed by atoms with Crippen LogP contribution in [0.2, 0.25) is 0 Å². The van der Waals surface area contributed by atoms with Crippen molar-refractivity contribution in [2.45, 2.75) is 31.5 Å². The van der Waals surface area contributed by atoms with E-state index in [2.05, 4.69) is 5.32 Å². The number of hydrogen-bond donors (Lipinski definition) is 4. The molecule has 1 aromatic heterocycles. The van der Waals surface area contributed by atoms with E-state index in [0.29, 0.717) is 16.9 Å². The molecule has 2 unspecified atom stereocenters. The van der Waals surface area contributed by atoms with Crippen molar-refractivity contribution in [1.29, 1.82) is 0 Å². The largest absolute Gasteiger partial charge is 0.496 e. The molecule has 0 saturated heterocycles. The van der Waals surface area contributed by atoms with Crippen LogP contribution in [0.5, 0.6) is 11.5 Å². The third kappa shape index (κ3) is 6.29. The number of ether oxygens (including phenoxy) is 2. The van der Waals surface area contributed by atoms with Crippen LogP contribution >= 0.6 is 0 Å². The van der Waals surface area contributed by atoms with Crippen LogP contribution in [0.25, 0.3) is 11.1 Å². The summed E-state index contributed by atoms with van der Waals surface area (Å²) in [6.07, 6.45) is -7.42. The van der Waals surface area contributed by atoms with Gasteiger partial charge in [0.15, 0.2) is 0 Å². The summed E-state index contributed by atoms with van der Waals surface area (Å²) in [6, 6.07) is 18.2. The molecule has 4 aromatic rings. The van der Waals surface area contributed by atoms with Crippen molar-refractivity contribution in [3.05, 3.63) is 101 Å². The van der Waals surface area contributed by atoms with Gasteiger partial charge in [-0.2, -0.15) is 13.2 Å². The molecule has 0 fully saturated rings. The highest BCUT2D eigenvalue weighted by molar-refractivity contribution is 6.09. The second-order valence-corrected chi connectivity index (χ2v) is 10.6. The number of aromatic nitrogens is 1. The number of methoxy groups -OCH3 is 2. The molecule has 0 spiro atoms. The first-order valence-corrected chi connectivity index (χ1v) is 14.2. The molecule has 46 heavy (non-hydrogen) atoms. The molecule has 5 rings (SSSR count). The first-order chi connectivity index (χ1) is 22.0. The van der Waals surface area contributed by atoms with Gasteiger partial charge in [0.2, 0.25) is 0 Å². The molecule has 0 bridgehead atoms. The number of carbonyl (C=O) groups is 2. The van der Waals surface area contributed by atoms with E-state index in [1.807, 2.05) is 6.07 Å². The Kier molecular flexibility index (Phi) is 9.37. The summed E-state index contributed by atoms with van der Waals surface area (Å²) in [6.45, 7) is -0.717. The highest BCUT2D eigenvalue weighted by Gasteiger charge is 2.35. The Hall–Kier alpha value is -4.85. The molecular weight excluding hydrogens is 607 g/mol. The average Bonchev–Trinajstić information content (AvgIpc) is 3.38. The van der Waals surface area contributed by atoms with E-state index in [0.717, 1.165) is 6.07 Å². The van der Waals surface area contributed by atoms with E-state index >= 15 is 0 Å². The van der Waals surface area contributed by atoms with E-state index in [-0.39, 0.29) is 53.5 Å². The Labute approximate surface area is 262 Å². The summed E-state index contributed by atoms with van der Waals surface area (Å²) in [4.78, 5) is 28.9. The predicted molar refractivity (Wildman–Crippen MR) is 162 cm³/mol. The number of aliphatic hydroxyl groups is 3. The third-order valence-electron chi connectivity index (χ3n) is 7.86. The van der Waals surface area contributed by atoms with Crippen molar-refractivity contribution in [3.8, 4) is 22.6 Å². The number of alkyl halides is 3. The van der Waals surface area contributed by atoms with E-state index < -0.39 is 42.4 Å². The number of carbonyl (C=O) groups excluding carboxylic acids is 2. The number of fused-ring (bicyclic) bond motifs is 2. The standard InChI is InChI=1S/C33H32F3N3O7/c1-45-29-14-23(30(46-2)13-22(29)21-8-4-5-9-24(21)33(34,35)36)32(44)39-17-20-11-12-26(31(43)37-15-27(41)28(42)18-40)38(20)16-19-7-3-6-10-25(19)39/h3-14,27-28,40-42H,15-18H2,1-2H3,(H,37,43). The Morgan fingerprint density at radius 3 is 2.28 bits per heavy atom. The van der Waals surface area contributed by atoms with Crippen molar-refractivity contribution >= 4 is 17.5 Å². The smallest absolute Gasteiger partial charge is 0.417 e. The lowest BCUT2D eigenvalue weighted by atomic mass is 9.96. The van der Waals surface area contributed by atoms with Gasteiger partial charge in [-0.05, 0) is 47.5 Å². The molecule has 10 nitrogen and oxygen atoms in total. The lowest BCUT2D eigenvalue weighted by Crippen LogP contribution is -2.41. The monoisotopic (exact) mass is 639 g/mol. The Morgan fingerprint density at radius 2 is 1.59 bits per heavy atom. The number of nitrogens with one attached hydrogen (secondary N) is 1. The summed E-state index contributed by atoms with van der Waals surface area (Å²) in [5.41, 5.74) is 1.26. The van der Waals surface area contributed by atoms with Crippen molar-refractivity contribution < 1.29 is 47.6 Å². The SMILES string of the molecule is COc1cc(-c2ccccc2C(F)(F)F)c(OC)cc1C(=O)N1Cc2ccc(C(=O)NCC(O)C(O)CO)n2Cc2ccccc21. The van der Waals surface area contributed by atoms with Crippen LogP contribution in [0.3, 0.4) is 0 Å². The minimum absolute atomic E-state index is 0.0269.